The molecule has 0 atom stereocenters. The third kappa shape index (κ3) is 2.53. The van der Waals surface area contributed by atoms with Crippen LogP contribution in [0.5, 0.6) is 5.88 Å². The smallest absolute Gasteiger partial charge is 0.213 e. The average Bonchev–Trinajstić information content (AvgIpc) is 3.05. The minimum Gasteiger partial charge on any atom is -0.474 e. The molecule has 1 aromatic rings. The molecule has 86 valence electrons. The Kier molecular flexibility index (Phi) is 2.79. The van der Waals surface area contributed by atoms with E-state index in [1.807, 2.05) is 12.1 Å². The molecule has 0 saturated heterocycles. The number of nitrogens with zero attached hydrogens (tertiary/aromatic N) is 1. The summed E-state index contributed by atoms with van der Waals surface area (Å²) in [6.45, 7) is 0.868. The highest BCUT2D eigenvalue weighted by atomic mass is 16.5. The first-order valence-electron chi connectivity index (χ1n) is 6.26. The zero-order chi connectivity index (χ0) is 10.8. The van der Waals surface area contributed by atoms with E-state index in [0.29, 0.717) is 6.10 Å². The van der Waals surface area contributed by atoms with Gasteiger partial charge in [-0.05, 0) is 38.2 Å². The van der Waals surface area contributed by atoms with Gasteiger partial charge in [-0.15, -0.1) is 0 Å². The van der Waals surface area contributed by atoms with Crippen LogP contribution in [0.4, 0.5) is 0 Å². The second-order valence-electron chi connectivity index (χ2n) is 4.79. The fraction of sp³-hybridized carbons (Fsp3) is 0.615. The molecule has 1 heterocycles. The van der Waals surface area contributed by atoms with E-state index in [1.165, 1.54) is 32.1 Å². The first kappa shape index (κ1) is 10.1. The van der Waals surface area contributed by atoms with Gasteiger partial charge in [0.15, 0.2) is 0 Å². The fourth-order valence-corrected chi connectivity index (χ4v) is 1.82. The van der Waals surface area contributed by atoms with Gasteiger partial charge in [-0.2, -0.15) is 0 Å². The summed E-state index contributed by atoms with van der Waals surface area (Å²) in [4.78, 5) is 4.51. The molecule has 1 aromatic heterocycles. The maximum absolute atomic E-state index is 5.77. The van der Waals surface area contributed by atoms with Crippen molar-refractivity contribution in [2.45, 2.75) is 50.8 Å². The molecule has 0 radical (unpaired) electrons. The van der Waals surface area contributed by atoms with Crippen molar-refractivity contribution in [3.63, 3.8) is 0 Å². The molecule has 2 aliphatic carbocycles. The lowest BCUT2D eigenvalue weighted by Gasteiger charge is -2.25. The van der Waals surface area contributed by atoms with Crippen molar-refractivity contribution in [3.8, 4) is 5.88 Å². The lowest BCUT2D eigenvalue weighted by atomic mass is 9.96. The number of hydrogen-bond acceptors (Lipinski definition) is 3. The third-order valence-electron chi connectivity index (χ3n) is 3.27. The highest BCUT2D eigenvalue weighted by Crippen LogP contribution is 2.24. The molecule has 3 heteroatoms. The molecule has 0 bridgehead atoms. The Morgan fingerprint density at radius 2 is 2.12 bits per heavy atom. The summed E-state index contributed by atoms with van der Waals surface area (Å²) in [5.74, 6) is 0.791. The van der Waals surface area contributed by atoms with Crippen LogP contribution in [-0.4, -0.2) is 17.1 Å². The van der Waals surface area contributed by atoms with E-state index in [9.17, 15) is 0 Å². The van der Waals surface area contributed by atoms with Crippen molar-refractivity contribution < 1.29 is 4.74 Å². The highest BCUT2D eigenvalue weighted by molar-refractivity contribution is 5.16. The van der Waals surface area contributed by atoms with Crippen LogP contribution in [0.3, 0.4) is 0 Å². The van der Waals surface area contributed by atoms with Crippen molar-refractivity contribution >= 4 is 0 Å². The average molecular weight is 218 g/mol. The molecule has 2 fully saturated rings. The summed E-state index contributed by atoms with van der Waals surface area (Å²) in [6.07, 6.45) is 6.72. The molecule has 2 saturated carbocycles. The number of rotatable bonds is 5. The van der Waals surface area contributed by atoms with Crippen LogP contribution in [-0.2, 0) is 6.54 Å². The predicted octanol–water partition coefficient (Wildman–Crippen LogP) is 2.26. The molecule has 0 unspecified atom stereocenters. The Bertz CT molecular complexity index is 359. The van der Waals surface area contributed by atoms with Gasteiger partial charge in [0.2, 0.25) is 5.88 Å². The number of ether oxygens (including phenoxy) is 1. The normalized spacial score (nSPS) is 20.5. The molecular weight excluding hydrogens is 200 g/mol. The van der Waals surface area contributed by atoms with E-state index in [2.05, 4.69) is 16.4 Å². The van der Waals surface area contributed by atoms with Crippen LogP contribution in [0.2, 0.25) is 0 Å². The zero-order valence-corrected chi connectivity index (χ0v) is 9.48. The topological polar surface area (TPSA) is 34.2 Å². The van der Waals surface area contributed by atoms with Gasteiger partial charge in [0.1, 0.15) is 6.10 Å². The monoisotopic (exact) mass is 218 g/mol. The summed E-state index contributed by atoms with van der Waals surface area (Å²) in [5, 5.41) is 3.46. The van der Waals surface area contributed by atoms with E-state index in [4.69, 9.17) is 4.74 Å². The molecule has 1 N–H and O–H groups in total. The SMILES string of the molecule is c1cc(CNC2CC2)nc(OC2CCC2)c1. The van der Waals surface area contributed by atoms with E-state index in [-0.39, 0.29) is 0 Å². The molecule has 0 aromatic carbocycles. The molecule has 0 aliphatic heterocycles. The van der Waals surface area contributed by atoms with Crippen LogP contribution in [0.25, 0.3) is 0 Å². The molecule has 16 heavy (non-hydrogen) atoms. The molecule has 2 aliphatic rings. The maximum atomic E-state index is 5.77. The van der Waals surface area contributed by atoms with E-state index < -0.39 is 0 Å². The summed E-state index contributed by atoms with van der Waals surface area (Å²) < 4.78 is 5.77. The first-order chi connectivity index (χ1) is 7.90. The maximum Gasteiger partial charge on any atom is 0.213 e. The van der Waals surface area contributed by atoms with Crippen molar-refractivity contribution in [2.75, 3.05) is 0 Å². The summed E-state index contributed by atoms with van der Waals surface area (Å²) in [7, 11) is 0. The highest BCUT2D eigenvalue weighted by Gasteiger charge is 2.21. The predicted molar refractivity (Wildman–Crippen MR) is 62.4 cm³/mol. The van der Waals surface area contributed by atoms with Gasteiger partial charge in [-0.25, -0.2) is 4.98 Å². The Hall–Kier alpha value is -1.09. The fourth-order valence-electron chi connectivity index (χ4n) is 1.82. The van der Waals surface area contributed by atoms with Crippen molar-refractivity contribution in [2.24, 2.45) is 0 Å². The minimum absolute atomic E-state index is 0.416. The van der Waals surface area contributed by atoms with Gasteiger partial charge >= 0.3 is 0 Å². The van der Waals surface area contributed by atoms with Crippen LogP contribution in [0.15, 0.2) is 18.2 Å². The number of aromatic nitrogens is 1. The second-order valence-corrected chi connectivity index (χ2v) is 4.79. The summed E-state index contributed by atoms with van der Waals surface area (Å²) in [6, 6.07) is 6.78. The minimum atomic E-state index is 0.416. The first-order valence-corrected chi connectivity index (χ1v) is 6.26. The van der Waals surface area contributed by atoms with Gasteiger partial charge in [0.25, 0.3) is 0 Å². The van der Waals surface area contributed by atoms with Gasteiger partial charge in [-0.1, -0.05) is 6.07 Å². The Morgan fingerprint density at radius 3 is 2.81 bits per heavy atom. The van der Waals surface area contributed by atoms with Crippen LogP contribution in [0.1, 0.15) is 37.8 Å². The standard InChI is InChI=1S/C13H18N2O/c1-3-11(9-14-10-7-8-10)15-13(6-1)16-12-4-2-5-12/h1,3,6,10,12,14H,2,4-5,7-9H2. The van der Waals surface area contributed by atoms with Crippen molar-refractivity contribution in [1.29, 1.82) is 0 Å². The zero-order valence-electron chi connectivity index (χ0n) is 9.48. The van der Waals surface area contributed by atoms with Crippen molar-refractivity contribution in [3.05, 3.63) is 23.9 Å². The quantitative estimate of drug-likeness (QED) is 0.823. The number of pyridine rings is 1. The van der Waals surface area contributed by atoms with Crippen LogP contribution < -0.4 is 10.1 Å². The van der Waals surface area contributed by atoms with Crippen molar-refractivity contribution in [1.82, 2.24) is 10.3 Å². The molecule has 3 nitrogen and oxygen atoms in total. The molecule has 3 rings (SSSR count). The van der Waals surface area contributed by atoms with Gasteiger partial charge in [0.05, 0.1) is 5.69 Å². The number of nitrogens with one attached hydrogen (secondary N) is 1. The Balaban J connectivity index is 1.57. The summed E-state index contributed by atoms with van der Waals surface area (Å²) in [5.41, 5.74) is 1.09. The van der Waals surface area contributed by atoms with Crippen LogP contribution >= 0.6 is 0 Å². The molecular formula is C13H18N2O. The van der Waals surface area contributed by atoms with Gasteiger partial charge in [0, 0.05) is 18.7 Å². The van der Waals surface area contributed by atoms with E-state index >= 15 is 0 Å². The second kappa shape index (κ2) is 4.42. The Morgan fingerprint density at radius 1 is 1.25 bits per heavy atom. The van der Waals surface area contributed by atoms with Gasteiger partial charge < -0.3 is 10.1 Å². The number of hydrogen-bond donors (Lipinski definition) is 1. The third-order valence-corrected chi connectivity index (χ3v) is 3.27. The lowest BCUT2D eigenvalue weighted by molar-refractivity contribution is 0.114. The van der Waals surface area contributed by atoms with E-state index in [1.54, 1.807) is 0 Å². The van der Waals surface area contributed by atoms with Gasteiger partial charge in [-0.3, -0.25) is 0 Å². The van der Waals surface area contributed by atoms with E-state index in [0.717, 1.165) is 24.2 Å². The largest absolute Gasteiger partial charge is 0.474 e. The molecule has 0 amide bonds. The summed E-state index contributed by atoms with van der Waals surface area (Å²) >= 11 is 0. The van der Waals surface area contributed by atoms with Crippen LogP contribution in [0, 0.1) is 0 Å². The molecule has 0 spiro atoms. The lowest BCUT2D eigenvalue weighted by Crippen LogP contribution is -2.25. The Labute approximate surface area is 96.2 Å².